The molecule has 0 aromatic heterocycles. The minimum atomic E-state index is -4.08. The number of carbonyl (C=O) groups is 3. The van der Waals surface area contributed by atoms with Gasteiger partial charge in [-0.1, -0.05) is 23.7 Å². The van der Waals surface area contributed by atoms with Gasteiger partial charge in [-0.2, -0.15) is 32.8 Å². The first-order valence-corrected chi connectivity index (χ1v) is 17.0. The molecule has 10 nitrogen and oxygen atoms in total. The van der Waals surface area contributed by atoms with Crippen LogP contribution < -0.4 is 15.2 Å². The quantitative estimate of drug-likeness (QED) is 0.228. The molecule has 1 saturated heterocycles. The molecular formula is C27H35ClN3O7S3+. The smallest absolute Gasteiger partial charge is 0.497 e. The Bertz CT molecular complexity index is 1370. The summed E-state index contributed by atoms with van der Waals surface area (Å²) < 4.78 is 27.9. The SMILES string of the molecule is COc1ccc(CSCC(C)C(=O)[N@+]2(C(=O)O)C[C@@H](SCCNC(=O)c3ccc(Cl)c(S(N)(=O)=O)c3)CC2C)cc1. The van der Waals surface area contributed by atoms with Gasteiger partial charge in [0.05, 0.1) is 23.3 Å². The Labute approximate surface area is 254 Å². The average molecular weight is 645 g/mol. The van der Waals surface area contributed by atoms with Crippen molar-refractivity contribution in [2.75, 3.05) is 31.7 Å². The van der Waals surface area contributed by atoms with Crippen molar-refractivity contribution in [1.82, 2.24) is 5.32 Å². The van der Waals surface area contributed by atoms with Gasteiger partial charge in [-0.3, -0.25) is 4.79 Å². The van der Waals surface area contributed by atoms with Crippen molar-refractivity contribution in [2.24, 2.45) is 11.1 Å². The lowest BCUT2D eigenvalue weighted by Gasteiger charge is -2.31. The number of carbonyl (C=O) groups excluding carboxylic acids is 2. The van der Waals surface area contributed by atoms with Crippen LogP contribution in [0.4, 0.5) is 4.79 Å². The zero-order chi connectivity index (χ0) is 30.4. The summed E-state index contributed by atoms with van der Waals surface area (Å²) in [4.78, 5) is 38.2. The molecule has 224 valence electrons. The molecule has 1 aliphatic heterocycles. The normalized spacial score (nSPS) is 21.3. The minimum absolute atomic E-state index is 0.0744. The van der Waals surface area contributed by atoms with E-state index in [-0.39, 0.29) is 45.8 Å². The van der Waals surface area contributed by atoms with Crippen LogP contribution in [0.5, 0.6) is 5.75 Å². The van der Waals surface area contributed by atoms with Crippen molar-refractivity contribution >= 4 is 63.1 Å². The number of sulfonamides is 1. The molecule has 14 heteroatoms. The molecule has 3 rings (SSSR count). The number of hydrogen-bond donors (Lipinski definition) is 3. The molecule has 0 radical (unpaired) electrons. The molecule has 1 aliphatic rings. The molecule has 0 bridgehead atoms. The summed E-state index contributed by atoms with van der Waals surface area (Å²) in [5, 5.41) is 17.9. The van der Waals surface area contributed by atoms with Crippen molar-refractivity contribution in [3.05, 3.63) is 58.6 Å². The number of methoxy groups -OCH3 is 1. The molecular weight excluding hydrogens is 610 g/mol. The van der Waals surface area contributed by atoms with E-state index in [9.17, 15) is 27.9 Å². The highest BCUT2D eigenvalue weighted by atomic mass is 35.5. The van der Waals surface area contributed by atoms with Gasteiger partial charge in [0.2, 0.25) is 10.0 Å². The monoisotopic (exact) mass is 644 g/mol. The molecule has 4 N–H and O–H groups in total. The zero-order valence-electron chi connectivity index (χ0n) is 23.0. The molecule has 3 amide bonds. The molecule has 4 atom stereocenters. The largest absolute Gasteiger partial charge is 0.521 e. The van der Waals surface area contributed by atoms with E-state index in [0.717, 1.165) is 17.4 Å². The summed E-state index contributed by atoms with van der Waals surface area (Å²) in [6.45, 7) is 4.03. The second-order valence-electron chi connectivity index (χ2n) is 9.96. The van der Waals surface area contributed by atoms with E-state index in [2.05, 4.69) is 5.32 Å². The molecule has 41 heavy (non-hydrogen) atoms. The molecule has 1 heterocycles. The highest BCUT2D eigenvalue weighted by Crippen LogP contribution is 2.36. The summed E-state index contributed by atoms with van der Waals surface area (Å²) in [5.74, 6) is 1.24. The van der Waals surface area contributed by atoms with E-state index >= 15 is 0 Å². The first-order valence-electron chi connectivity index (χ1n) is 12.9. The van der Waals surface area contributed by atoms with Crippen molar-refractivity contribution in [2.45, 2.75) is 42.2 Å². The van der Waals surface area contributed by atoms with Crippen molar-refractivity contribution < 1.29 is 37.1 Å². The van der Waals surface area contributed by atoms with E-state index in [4.69, 9.17) is 21.5 Å². The number of benzene rings is 2. The van der Waals surface area contributed by atoms with E-state index in [1.54, 1.807) is 32.7 Å². The maximum absolute atomic E-state index is 13.5. The van der Waals surface area contributed by atoms with Crippen LogP contribution in [0, 0.1) is 5.92 Å². The minimum Gasteiger partial charge on any atom is -0.497 e. The van der Waals surface area contributed by atoms with Gasteiger partial charge in [0.25, 0.3) is 5.91 Å². The van der Waals surface area contributed by atoms with Crippen LogP contribution in [0.25, 0.3) is 0 Å². The Morgan fingerprint density at radius 3 is 2.51 bits per heavy atom. The number of nitrogens with two attached hydrogens (primary N) is 1. The number of thioether (sulfide) groups is 2. The number of halogens is 1. The van der Waals surface area contributed by atoms with E-state index in [1.807, 2.05) is 24.3 Å². The number of imide groups is 1. The highest BCUT2D eigenvalue weighted by molar-refractivity contribution is 8.00. The lowest BCUT2D eigenvalue weighted by molar-refractivity contribution is -0.793. The zero-order valence-corrected chi connectivity index (χ0v) is 26.2. The Morgan fingerprint density at radius 2 is 1.90 bits per heavy atom. The third kappa shape index (κ3) is 8.17. The van der Waals surface area contributed by atoms with Gasteiger partial charge in [-0.05, 0) is 49.7 Å². The van der Waals surface area contributed by atoms with E-state index in [1.165, 1.54) is 23.9 Å². The number of nitrogens with one attached hydrogen (secondary N) is 1. The third-order valence-electron chi connectivity index (χ3n) is 7.04. The number of amides is 3. The summed E-state index contributed by atoms with van der Waals surface area (Å²) >= 11 is 8.97. The van der Waals surface area contributed by atoms with Crippen LogP contribution in [0.3, 0.4) is 0 Å². The average Bonchev–Trinajstić information content (AvgIpc) is 3.27. The van der Waals surface area contributed by atoms with Crippen molar-refractivity contribution in [3.63, 3.8) is 0 Å². The van der Waals surface area contributed by atoms with Gasteiger partial charge in [0.15, 0.2) is 0 Å². The van der Waals surface area contributed by atoms with Crippen LogP contribution in [0.2, 0.25) is 5.02 Å². The van der Waals surface area contributed by atoms with Gasteiger partial charge in [-0.25, -0.2) is 18.4 Å². The van der Waals surface area contributed by atoms with Gasteiger partial charge >= 0.3 is 12.0 Å². The number of quaternary nitrogens is 1. The Morgan fingerprint density at radius 1 is 1.22 bits per heavy atom. The number of primary sulfonamides is 1. The van der Waals surface area contributed by atoms with E-state index < -0.39 is 32.4 Å². The lowest BCUT2D eigenvalue weighted by atomic mass is 10.1. The predicted molar refractivity (Wildman–Crippen MR) is 162 cm³/mol. The summed E-state index contributed by atoms with van der Waals surface area (Å²) in [7, 11) is -2.47. The Hall–Kier alpha value is -2.29. The number of likely N-dealkylation sites (tertiary alicyclic amines) is 1. The fourth-order valence-electron chi connectivity index (χ4n) is 4.82. The molecule has 2 unspecified atom stereocenters. The van der Waals surface area contributed by atoms with Crippen LogP contribution in [-0.2, 0) is 20.6 Å². The van der Waals surface area contributed by atoms with Crippen LogP contribution >= 0.6 is 35.1 Å². The summed E-state index contributed by atoms with van der Waals surface area (Å²) in [6, 6.07) is 11.1. The molecule has 0 spiro atoms. The number of nitrogens with zero attached hydrogens (tertiary/aromatic N) is 1. The molecule has 0 aliphatic carbocycles. The van der Waals surface area contributed by atoms with Crippen LogP contribution in [-0.4, -0.2) is 78.9 Å². The van der Waals surface area contributed by atoms with Gasteiger partial charge in [0.1, 0.15) is 23.2 Å². The number of carboxylic acid groups (broad SMARTS) is 1. The van der Waals surface area contributed by atoms with Crippen LogP contribution in [0.1, 0.15) is 36.2 Å². The predicted octanol–water partition coefficient (Wildman–Crippen LogP) is 4.21. The van der Waals surface area contributed by atoms with Gasteiger partial charge in [0, 0.05) is 35.8 Å². The Kier molecular flexibility index (Phi) is 11.5. The second kappa shape index (κ2) is 14.3. The molecule has 0 saturated carbocycles. The lowest BCUT2D eigenvalue weighted by Crippen LogP contribution is -2.61. The highest BCUT2D eigenvalue weighted by Gasteiger charge is 2.57. The first-order chi connectivity index (χ1) is 19.3. The maximum atomic E-state index is 13.5. The van der Waals surface area contributed by atoms with Crippen LogP contribution in [0.15, 0.2) is 47.4 Å². The van der Waals surface area contributed by atoms with Gasteiger partial charge < -0.3 is 15.2 Å². The first kappa shape index (κ1) is 33.2. The second-order valence-corrected chi connectivity index (χ2v) is 14.3. The fourth-order valence-corrected chi connectivity index (χ4v) is 8.24. The van der Waals surface area contributed by atoms with E-state index in [0.29, 0.717) is 23.7 Å². The van der Waals surface area contributed by atoms with Crippen molar-refractivity contribution in [1.29, 1.82) is 0 Å². The standard InChI is InChI=1S/C27H34ClN3O7S3/c1-17(15-39-16-19-4-7-21(38-3)8-5-19)26(33)31(27(34)35)14-22(12-18(31)2)40-11-10-30-25(32)20-6-9-23(28)24(13-20)41(29,36)37/h4-9,13,17-18,22H,10-12,14-16H2,1-3H3,(H3-,29,30,32,34,35,36,37)/p+1/t17?,18?,22-,31-/m0/s1. The number of hydrogen-bond acceptors (Lipinski definition) is 8. The summed E-state index contributed by atoms with van der Waals surface area (Å²) in [5.41, 5.74) is 1.19. The van der Waals surface area contributed by atoms with Gasteiger partial charge in [-0.15, -0.1) is 0 Å². The topological polar surface area (TPSA) is 153 Å². The summed E-state index contributed by atoms with van der Waals surface area (Å²) in [6.07, 6.45) is -0.587. The van der Waals surface area contributed by atoms with Crippen molar-refractivity contribution in [3.8, 4) is 5.75 Å². The molecule has 1 fully saturated rings. The molecule has 2 aromatic carbocycles. The number of rotatable bonds is 12. The Balaban J connectivity index is 1.52. The number of ether oxygens (including phenoxy) is 1. The fraction of sp³-hybridized carbons (Fsp3) is 0.444. The molecule has 2 aromatic rings. The third-order valence-corrected chi connectivity index (χ3v) is 11.0. The maximum Gasteiger partial charge on any atom is 0.521 e.